The van der Waals surface area contributed by atoms with Crippen LogP contribution in [0.4, 0.5) is 0 Å². The fraction of sp³-hybridized carbons (Fsp3) is 0.818. The SMILES string of the molecule is CC(CC(C)N(I)C(=O)C(C)(C)C)C(=O)N(C)[C@@H](CC(=O)C(C)(C)C)C(=O)NCCN. The van der Waals surface area contributed by atoms with E-state index in [0.29, 0.717) is 6.42 Å². The molecule has 3 amide bonds. The van der Waals surface area contributed by atoms with Gasteiger partial charge in [-0.3, -0.25) is 22.3 Å². The molecule has 180 valence electrons. The number of carbonyl (C=O) groups is 4. The summed E-state index contributed by atoms with van der Waals surface area (Å²) in [5.41, 5.74) is 4.34. The Labute approximate surface area is 201 Å². The van der Waals surface area contributed by atoms with Crippen molar-refractivity contribution in [2.24, 2.45) is 22.5 Å². The second-order valence-corrected chi connectivity index (χ2v) is 11.3. The van der Waals surface area contributed by atoms with Crippen LogP contribution >= 0.6 is 22.9 Å². The third kappa shape index (κ3) is 9.43. The maximum atomic E-state index is 13.1. The van der Waals surface area contributed by atoms with E-state index in [4.69, 9.17) is 5.73 Å². The molecule has 3 atom stereocenters. The van der Waals surface area contributed by atoms with E-state index < -0.39 is 28.7 Å². The van der Waals surface area contributed by atoms with Crippen LogP contribution in [0.2, 0.25) is 0 Å². The van der Waals surface area contributed by atoms with Gasteiger partial charge in [0.25, 0.3) is 0 Å². The van der Waals surface area contributed by atoms with Gasteiger partial charge >= 0.3 is 0 Å². The standard InChI is InChI=1S/C22H41IN4O4/c1-14(12-15(2)27(23)20(31)22(6,7)8)19(30)26(9)16(18(29)25-11-10-24)13-17(28)21(3,4)5/h14-16H,10-13,24H2,1-9H3,(H,25,29)/t14?,15?,16-/m0/s1. The molecule has 31 heavy (non-hydrogen) atoms. The lowest BCUT2D eigenvalue weighted by atomic mass is 9.86. The van der Waals surface area contributed by atoms with Crippen molar-refractivity contribution in [1.82, 2.24) is 13.3 Å². The summed E-state index contributed by atoms with van der Waals surface area (Å²) in [5.74, 6) is -1.18. The predicted octanol–water partition coefficient (Wildman–Crippen LogP) is 2.53. The van der Waals surface area contributed by atoms with Gasteiger partial charge in [0.05, 0.1) is 22.9 Å². The maximum absolute atomic E-state index is 13.1. The first-order chi connectivity index (χ1) is 13.9. The zero-order valence-corrected chi connectivity index (χ0v) is 22.7. The van der Waals surface area contributed by atoms with Crippen LogP contribution in [0.15, 0.2) is 0 Å². The van der Waals surface area contributed by atoms with Crippen LogP contribution in [0.25, 0.3) is 0 Å². The van der Waals surface area contributed by atoms with E-state index in [9.17, 15) is 19.2 Å². The largest absolute Gasteiger partial charge is 0.353 e. The zero-order valence-electron chi connectivity index (χ0n) is 20.5. The lowest BCUT2D eigenvalue weighted by molar-refractivity contribution is -0.144. The van der Waals surface area contributed by atoms with Crippen molar-refractivity contribution in [2.75, 3.05) is 20.1 Å². The van der Waals surface area contributed by atoms with Crippen LogP contribution in [0.1, 0.15) is 68.2 Å². The monoisotopic (exact) mass is 552 g/mol. The van der Waals surface area contributed by atoms with E-state index in [2.05, 4.69) is 5.32 Å². The van der Waals surface area contributed by atoms with Crippen LogP contribution in [-0.2, 0) is 19.2 Å². The fourth-order valence-corrected chi connectivity index (χ4v) is 3.88. The normalized spacial score (nSPS) is 14.9. The molecule has 0 saturated heterocycles. The summed E-state index contributed by atoms with van der Waals surface area (Å²) in [6.45, 7) is 15.1. The maximum Gasteiger partial charge on any atom is 0.243 e. The van der Waals surface area contributed by atoms with Gasteiger partial charge in [-0.1, -0.05) is 48.5 Å². The molecule has 3 N–H and O–H groups in total. The number of likely N-dealkylation sites (N-methyl/N-ethyl adjacent to an activating group) is 1. The number of halogens is 1. The summed E-state index contributed by atoms with van der Waals surface area (Å²) in [6, 6.07) is -1.07. The highest BCUT2D eigenvalue weighted by Gasteiger charge is 2.36. The number of rotatable bonds is 10. The topological polar surface area (TPSA) is 113 Å². The number of nitrogens with two attached hydrogens (primary N) is 1. The Kier molecular flexibility index (Phi) is 11.6. The number of hydrogen-bond acceptors (Lipinski definition) is 5. The summed E-state index contributed by atoms with van der Waals surface area (Å²) in [5, 5.41) is 2.69. The van der Waals surface area contributed by atoms with Gasteiger partial charge in [-0.05, 0) is 13.3 Å². The third-order valence-corrected chi connectivity index (χ3v) is 6.50. The van der Waals surface area contributed by atoms with E-state index in [1.54, 1.807) is 37.9 Å². The highest BCUT2D eigenvalue weighted by atomic mass is 127. The van der Waals surface area contributed by atoms with Crippen molar-refractivity contribution >= 4 is 46.4 Å². The first-order valence-corrected chi connectivity index (χ1v) is 11.7. The average Bonchev–Trinajstić information content (AvgIpc) is 2.65. The summed E-state index contributed by atoms with van der Waals surface area (Å²) in [7, 11) is 1.55. The lowest BCUT2D eigenvalue weighted by Gasteiger charge is -2.33. The van der Waals surface area contributed by atoms with Crippen molar-refractivity contribution in [2.45, 2.75) is 80.3 Å². The number of nitrogens with zero attached hydrogens (tertiary/aromatic N) is 2. The molecule has 0 bridgehead atoms. The minimum Gasteiger partial charge on any atom is -0.353 e. The van der Waals surface area contributed by atoms with Crippen molar-refractivity contribution in [3.8, 4) is 0 Å². The number of ketones is 1. The van der Waals surface area contributed by atoms with Crippen LogP contribution in [-0.4, -0.2) is 63.7 Å². The number of amides is 3. The van der Waals surface area contributed by atoms with Crippen molar-refractivity contribution in [3.05, 3.63) is 0 Å². The zero-order chi connectivity index (χ0) is 24.7. The number of nitrogens with one attached hydrogen (secondary N) is 1. The van der Waals surface area contributed by atoms with Gasteiger partial charge < -0.3 is 16.0 Å². The Morgan fingerprint density at radius 1 is 1.00 bits per heavy atom. The van der Waals surface area contributed by atoms with E-state index in [0.717, 1.165) is 0 Å². The lowest BCUT2D eigenvalue weighted by Crippen LogP contribution is -2.52. The van der Waals surface area contributed by atoms with E-state index in [-0.39, 0.29) is 43.1 Å². The summed E-state index contributed by atoms with van der Waals surface area (Å²) >= 11 is 2.00. The number of carbonyl (C=O) groups excluding carboxylic acids is 4. The van der Waals surface area contributed by atoms with Crippen LogP contribution in [0.5, 0.6) is 0 Å². The van der Waals surface area contributed by atoms with Gasteiger partial charge in [-0.15, -0.1) is 0 Å². The van der Waals surface area contributed by atoms with Gasteiger partial charge in [0.1, 0.15) is 11.8 Å². The molecule has 0 spiro atoms. The Hall–Kier alpha value is -1.23. The average molecular weight is 552 g/mol. The Balaban J connectivity index is 5.42. The molecule has 0 saturated carbocycles. The summed E-state index contributed by atoms with van der Waals surface area (Å²) < 4.78 is 1.64. The van der Waals surface area contributed by atoms with Gasteiger partial charge in [-0.2, -0.15) is 0 Å². The third-order valence-electron chi connectivity index (χ3n) is 5.12. The highest BCUT2D eigenvalue weighted by molar-refractivity contribution is 14.1. The number of hydrogen-bond donors (Lipinski definition) is 2. The van der Waals surface area contributed by atoms with Crippen LogP contribution < -0.4 is 11.1 Å². The number of Topliss-reactive ketones (excluding diaryl/α,β-unsaturated/α-hetero) is 1. The Morgan fingerprint density at radius 2 is 1.52 bits per heavy atom. The van der Waals surface area contributed by atoms with E-state index in [1.165, 1.54) is 4.90 Å². The van der Waals surface area contributed by atoms with Crippen LogP contribution in [0, 0.1) is 16.7 Å². The molecule has 0 aromatic rings. The molecule has 2 unspecified atom stereocenters. The summed E-state index contributed by atoms with van der Waals surface area (Å²) in [6.07, 6.45) is 0.379. The molecular formula is C22H41IN4O4. The smallest absolute Gasteiger partial charge is 0.243 e. The van der Waals surface area contributed by atoms with Crippen molar-refractivity contribution in [3.63, 3.8) is 0 Å². The molecule has 0 aromatic heterocycles. The predicted molar refractivity (Wildman–Crippen MR) is 131 cm³/mol. The first-order valence-electron chi connectivity index (χ1n) is 10.7. The Morgan fingerprint density at radius 3 is 1.94 bits per heavy atom. The molecule has 0 fully saturated rings. The quantitative estimate of drug-likeness (QED) is 0.320. The van der Waals surface area contributed by atoms with Crippen molar-refractivity contribution in [1.29, 1.82) is 0 Å². The fourth-order valence-electron chi connectivity index (χ4n) is 2.93. The molecule has 9 heteroatoms. The van der Waals surface area contributed by atoms with Gasteiger partial charge in [-0.25, -0.2) is 0 Å². The molecule has 8 nitrogen and oxygen atoms in total. The molecule has 0 rings (SSSR count). The molecule has 0 radical (unpaired) electrons. The molecule has 0 aliphatic carbocycles. The van der Waals surface area contributed by atoms with Gasteiger partial charge in [0, 0.05) is 49.3 Å². The molecule has 0 heterocycles. The van der Waals surface area contributed by atoms with E-state index in [1.807, 2.05) is 50.6 Å². The highest BCUT2D eigenvalue weighted by Crippen LogP contribution is 2.26. The molecule has 0 aliphatic rings. The minimum absolute atomic E-state index is 0.0107. The molecular weight excluding hydrogens is 511 g/mol. The molecule has 0 aromatic carbocycles. The van der Waals surface area contributed by atoms with Gasteiger partial charge in [0.2, 0.25) is 17.7 Å². The van der Waals surface area contributed by atoms with Crippen LogP contribution in [0.3, 0.4) is 0 Å². The first kappa shape index (κ1) is 29.8. The Bertz CT molecular complexity index is 655. The second-order valence-electron chi connectivity index (χ2n) is 10.3. The second kappa shape index (κ2) is 12.1. The van der Waals surface area contributed by atoms with E-state index >= 15 is 0 Å². The minimum atomic E-state index is -0.907. The van der Waals surface area contributed by atoms with Crippen molar-refractivity contribution < 1.29 is 19.2 Å². The molecule has 0 aliphatic heterocycles. The van der Waals surface area contributed by atoms with Gasteiger partial charge in [0.15, 0.2) is 0 Å². The summed E-state index contributed by atoms with van der Waals surface area (Å²) in [4.78, 5) is 52.3.